The third kappa shape index (κ3) is 2.57. The van der Waals surface area contributed by atoms with E-state index in [1.165, 1.54) is 6.07 Å². The van der Waals surface area contributed by atoms with Crippen molar-refractivity contribution in [1.82, 2.24) is 0 Å². The van der Waals surface area contributed by atoms with E-state index >= 15 is 0 Å². The van der Waals surface area contributed by atoms with Gasteiger partial charge in [0.25, 0.3) is 0 Å². The lowest BCUT2D eigenvalue weighted by atomic mass is 10.0. The molecule has 0 bridgehead atoms. The van der Waals surface area contributed by atoms with Gasteiger partial charge >= 0.3 is 0 Å². The first-order valence-corrected chi connectivity index (χ1v) is 6.03. The second-order valence-electron chi connectivity index (χ2n) is 3.71. The van der Waals surface area contributed by atoms with E-state index in [-0.39, 0.29) is 5.82 Å². The summed E-state index contributed by atoms with van der Waals surface area (Å²) in [6.45, 7) is 1.69. The van der Waals surface area contributed by atoms with Crippen molar-refractivity contribution in [2.45, 2.75) is 6.92 Å². The molecule has 0 radical (unpaired) electrons. The van der Waals surface area contributed by atoms with Gasteiger partial charge in [0.2, 0.25) is 0 Å². The molecule has 0 aromatic heterocycles. The first-order chi connectivity index (χ1) is 7.99. The van der Waals surface area contributed by atoms with E-state index in [1.807, 2.05) is 0 Å². The maximum absolute atomic E-state index is 13.2. The number of halogens is 4. The lowest BCUT2D eigenvalue weighted by molar-refractivity contribution is 0.619. The summed E-state index contributed by atoms with van der Waals surface area (Å²) in [6, 6.07) is 7.97. The highest BCUT2D eigenvalue weighted by Gasteiger charge is 2.11. The zero-order chi connectivity index (χ0) is 12.6. The number of rotatable bonds is 1. The van der Waals surface area contributed by atoms with Crippen LogP contribution in [0.3, 0.4) is 0 Å². The summed E-state index contributed by atoms with van der Waals surface area (Å²) in [5, 5.41) is 1.38. The van der Waals surface area contributed by atoms with Crippen molar-refractivity contribution in [2.24, 2.45) is 0 Å². The Hall–Kier alpha value is -0.760. The number of benzene rings is 2. The van der Waals surface area contributed by atoms with E-state index in [1.54, 1.807) is 31.2 Å². The van der Waals surface area contributed by atoms with Crippen LogP contribution in [0.2, 0.25) is 15.1 Å². The molecule has 0 fully saturated rings. The molecule has 0 N–H and O–H groups in total. The normalized spacial score (nSPS) is 10.6. The van der Waals surface area contributed by atoms with Crippen molar-refractivity contribution in [1.29, 1.82) is 0 Å². The number of aryl methyl sites for hydroxylation is 1. The topological polar surface area (TPSA) is 0 Å². The Morgan fingerprint density at radius 1 is 0.941 bits per heavy atom. The van der Waals surface area contributed by atoms with Crippen LogP contribution in [0.1, 0.15) is 5.56 Å². The third-order valence-corrected chi connectivity index (χ3v) is 3.27. The lowest BCUT2D eigenvalue weighted by Gasteiger charge is -2.09. The van der Waals surface area contributed by atoms with Crippen molar-refractivity contribution in [2.75, 3.05) is 0 Å². The van der Waals surface area contributed by atoms with E-state index in [9.17, 15) is 4.39 Å². The van der Waals surface area contributed by atoms with Crippen molar-refractivity contribution in [3.8, 4) is 11.1 Å². The van der Waals surface area contributed by atoms with Crippen molar-refractivity contribution in [3.63, 3.8) is 0 Å². The van der Waals surface area contributed by atoms with Gasteiger partial charge in [-0.25, -0.2) is 4.39 Å². The highest BCUT2D eigenvalue weighted by atomic mass is 35.5. The highest BCUT2D eigenvalue weighted by Crippen LogP contribution is 2.37. The third-order valence-electron chi connectivity index (χ3n) is 2.45. The average Bonchev–Trinajstić information content (AvgIpc) is 2.21. The molecular formula is C13H8Cl3F. The fourth-order valence-electron chi connectivity index (χ4n) is 1.62. The van der Waals surface area contributed by atoms with Gasteiger partial charge in [-0.2, -0.15) is 0 Å². The molecule has 0 atom stereocenters. The molecular weight excluding hydrogens is 282 g/mol. The minimum atomic E-state index is -0.255. The standard InChI is InChI=1S/C13H8Cl3F/c1-7-4-8(2-3-12(7)17)13-10(15)5-9(14)6-11(13)16/h2-6H,1H3. The van der Waals surface area contributed by atoms with Crippen molar-refractivity contribution < 1.29 is 4.39 Å². The smallest absolute Gasteiger partial charge is 0.126 e. The van der Waals surface area contributed by atoms with Gasteiger partial charge in [-0.15, -0.1) is 0 Å². The SMILES string of the molecule is Cc1cc(-c2c(Cl)cc(Cl)cc2Cl)ccc1F. The first-order valence-electron chi connectivity index (χ1n) is 4.90. The molecule has 2 rings (SSSR count). The quantitative estimate of drug-likeness (QED) is 0.626. The summed E-state index contributed by atoms with van der Waals surface area (Å²) in [5.74, 6) is -0.255. The van der Waals surface area contributed by atoms with E-state index in [4.69, 9.17) is 34.8 Å². The van der Waals surface area contributed by atoms with Crippen LogP contribution in [0.15, 0.2) is 30.3 Å². The molecule has 0 saturated heterocycles. The Labute approximate surface area is 114 Å². The summed E-state index contributed by atoms with van der Waals surface area (Å²) < 4.78 is 13.2. The van der Waals surface area contributed by atoms with Crippen LogP contribution in [0.4, 0.5) is 4.39 Å². The average molecular weight is 290 g/mol. The highest BCUT2D eigenvalue weighted by molar-refractivity contribution is 6.41. The largest absolute Gasteiger partial charge is 0.207 e. The monoisotopic (exact) mass is 288 g/mol. The maximum Gasteiger partial charge on any atom is 0.126 e. The first kappa shape index (κ1) is 12.7. The molecule has 0 heterocycles. The molecule has 0 spiro atoms. The van der Waals surface area contributed by atoms with Crippen LogP contribution in [0.25, 0.3) is 11.1 Å². The van der Waals surface area contributed by atoms with Gasteiger partial charge in [0.1, 0.15) is 5.82 Å². The molecule has 0 aliphatic carbocycles. The minimum Gasteiger partial charge on any atom is -0.207 e. The fourth-order valence-corrected chi connectivity index (χ4v) is 2.65. The molecule has 0 saturated carbocycles. The summed E-state index contributed by atoms with van der Waals surface area (Å²) >= 11 is 18.0. The van der Waals surface area contributed by atoms with Gasteiger partial charge in [-0.3, -0.25) is 0 Å². The summed E-state index contributed by atoms with van der Waals surface area (Å²) in [6.07, 6.45) is 0. The number of hydrogen-bond donors (Lipinski definition) is 0. The molecule has 4 heteroatoms. The second kappa shape index (κ2) is 4.85. The van der Waals surface area contributed by atoms with Crippen LogP contribution in [0, 0.1) is 12.7 Å². The Kier molecular flexibility index (Phi) is 3.62. The Morgan fingerprint density at radius 2 is 1.53 bits per heavy atom. The molecule has 2 aromatic rings. The van der Waals surface area contributed by atoms with E-state index in [0.717, 1.165) is 5.56 Å². The zero-order valence-electron chi connectivity index (χ0n) is 8.90. The van der Waals surface area contributed by atoms with Crippen LogP contribution in [0.5, 0.6) is 0 Å². The maximum atomic E-state index is 13.2. The molecule has 0 aliphatic heterocycles. The van der Waals surface area contributed by atoms with Gasteiger partial charge in [0.05, 0.1) is 10.0 Å². The minimum absolute atomic E-state index is 0.255. The van der Waals surface area contributed by atoms with Gasteiger partial charge in [-0.1, -0.05) is 40.9 Å². The molecule has 0 aliphatic rings. The molecule has 88 valence electrons. The molecule has 17 heavy (non-hydrogen) atoms. The molecule has 2 aromatic carbocycles. The van der Waals surface area contributed by atoms with E-state index in [2.05, 4.69) is 0 Å². The zero-order valence-corrected chi connectivity index (χ0v) is 11.2. The van der Waals surface area contributed by atoms with Crippen LogP contribution in [-0.2, 0) is 0 Å². The predicted molar refractivity (Wildman–Crippen MR) is 71.6 cm³/mol. The van der Waals surface area contributed by atoms with Crippen LogP contribution < -0.4 is 0 Å². The molecule has 0 amide bonds. The Morgan fingerprint density at radius 3 is 2.06 bits per heavy atom. The van der Waals surface area contributed by atoms with Gasteiger partial charge in [0, 0.05) is 10.6 Å². The summed E-state index contributed by atoms with van der Waals surface area (Å²) in [4.78, 5) is 0. The van der Waals surface area contributed by atoms with Crippen LogP contribution in [-0.4, -0.2) is 0 Å². The molecule has 0 unspecified atom stereocenters. The fraction of sp³-hybridized carbons (Fsp3) is 0.0769. The lowest BCUT2D eigenvalue weighted by Crippen LogP contribution is -1.86. The van der Waals surface area contributed by atoms with Crippen molar-refractivity contribution in [3.05, 3.63) is 56.8 Å². The predicted octanol–water partition coefficient (Wildman–Crippen LogP) is 5.76. The second-order valence-corrected chi connectivity index (χ2v) is 4.96. The van der Waals surface area contributed by atoms with Gasteiger partial charge < -0.3 is 0 Å². The van der Waals surface area contributed by atoms with Gasteiger partial charge in [-0.05, 0) is 42.3 Å². The van der Waals surface area contributed by atoms with Crippen molar-refractivity contribution >= 4 is 34.8 Å². The van der Waals surface area contributed by atoms with E-state index < -0.39 is 0 Å². The van der Waals surface area contributed by atoms with Gasteiger partial charge in [0.15, 0.2) is 0 Å². The summed E-state index contributed by atoms with van der Waals surface area (Å²) in [5.41, 5.74) is 1.99. The Bertz CT molecular complexity index is 556. The molecule has 0 nitrogen and oxygen atoms in total. The van der Waals surface area contributed by atoms with Crippen LogP contribution >= 0.6 is 34.8 Å². The Balaban J connectivity index is 2.64. The summed E-state index contributed by atoms with van der Waals surface area (Å²) in [7, 11) is 0. The van der Waals surface area contributed by atoms with E-state index in [0.29, 0.717) is 26.2 Å². The number of hydrogen-bond acceptors (Lipinski definition) is 0.